The van der Waals surface area contributed by atoms with Crippen molar-refractivity contribution >= 4 is 29.1 Å². The molecule has 2 N–H and O–H groups in total. The van der Waals surface area contributed by atoms with Gasteiger partial charge in [-0.15, -0.1) is 0 Å². The van der Waals surface area contributed by atoms with Crippen LogP contribution in [0.4, 0.5) is 11.6 Å². The molecule has 1 amide bonds. The van der Waals surface area contributed by atoms with Gasteiger partial charge < -0.3 is 24.8 Å². The fourth-order valence-electron chi connectivity index (χ4n) is 4.04. The standard InChI is InChI=1S/C22H29ClN4O4.CH4/c1-13(28)25-17-8-6-5-7-14(17)9-18-16(23)12-24-22(27-18)26-15-10-19(29-2)21(31-4)20(11-15)30-3;/h10-12,14,17H,5-9H2,1-4H3,(H,25,28)(H,24,26,27);1H4/t14-,17+;/m0./s1. The van der Waals surface area contributed by atoms with Gasteiger partial charge in [0, 0.05) is 30.8 Å². The number of aromatic nitrogens is 2. The van der Waals surface area contributed by atoms with E-state index in [1.54, 1.807) is 46.6 Å². The Kier molecular flexibility index (Phi) is 9.38. The highest BCUT2D eigenvalue weighted by Gasteiger charge is 2.27. The molecule has 0 saturated heterocycles. The first-order chi connectivity index (χ1) is 14.9. The summed E-state index contributed by atoms with van der Waals surface area (Å²) in [7, 11) is 4.68. The molecule has 8 nitrogen and oxygen atoms in total. The maximum atomic E-state index is 11.6. The van der Waals surface area contributed by atoms with Crippen molar-refractivity contribution in [3.63, 3.8) is 0 Å². The van der Waals surface area contributed by atoms with E-state index in [2.05, 4.69) is 20.6 Å². The molecule has 1 saturated carbocycles. The van der Waals surface area contributed by atoms with E-state index < -0.39 is 0 Å². The lowest BCUT2D eigenvalue weighted by molar-refractivity contribution is -0.120. The first kappa shape index (κ1) is 25.5. The molecule has 1 fully saturated rings. The summed E-state index contributed by atoms with van der Waals surface area (Å²) in [5.41, 5.74) is 1.45. The summed E-state index contributed by atoms with van der Waals surface area (Å²) in [5, 5.41) is 6.78. The Hall–Kier alpha value is -2.74. The summed E-state index contributed by atoms with van der Waals surface area (Å²) in [6.45, 7) is 1.56. The molecule has 2 aromatic rings. The molecule has 1 aromatic heterocycles. The minimum atomic E-state index is -0.00422. The van der Waals surface area contributed by atoms with E-state index in [1.807, 2.05) is 0 Å². The maximum Gasteiger partial charge on any atom is 0.227 e. The molecular formula is C23H33ClN4O4. The number of nitrogens with one attached hydrogen (secondary N) is 2. The van der Waals surface area contributed by atoms with Gasteiger partial charge in [0.15, 0.2) is 11.5 Å². The van der Waals surface area contributed by atoms with Gasteiger partial charge in [-0.1, -0.05) is 31.9 Å². The molecule has 32 heavy (non-hydrogen) atoms. The van der Waals surface area contributed by atoms with Gasteiger partial charge in [0.2, 0.25) is 17.6 Å². The first-order valence-electron chi connectivity index (χ1n) is 10.3. The third kappa shape index (κ3) is 6.16. The van der Waals surface area contributed by atoms with Gasteiger partial charge in [-0.25, -0.2) is 9.97 Å². The van der Waals surface area contributed by atoms with Crippen LogP contribution in [0.5, 0.6) is 17.2 Å². The number of hydrogen-bond acceptors (Lipinski definition) is 7. The number of nitrogens with zero attached hydrogens (tertiary/aromatic N) is 2. The Morgan fingerprint density at radius 2 is 1.78 bits per heavy atom. The minimum absolute atomic E-state index is 0. The number of carbonyl (C=O) groups is 1. The Morgan fingerprint density at radius 3 is 2.38 bits per heavy atom. The molecule has 0 spiro atoms. The topological polar surface area (TPSA) is 94.6 Å². The van der Waals surface area contributed by atoms with Gasteiger partial charge in [-0.2, -0.15) is 0 Å². The van der Waals surface area contributed by atoms with Gasteiger partial charge in [-0.05, 0) is 25.2 Å². The zero-order valence-electron chi connectivity index (χ0n) is 18.3. The van der Waals surface area contributed by atoms with E-state index in [1.165, 1.54) is 0 Å². The lowest BCUT2D eigenvalue weighted by atomic mass is 9.81. The predicted octanol–water partition coefficient (Wildman–Crippen LogP) is 4.77. The molecule has 2 atom stereocenters. The molecule has 1 aromatic carbocycles. The Labute approximate surface area is 195 Å². The zero-order valence-corrected chi connectivity index (χ0v) is 19.1. The smallest absolute Gasteiger partial charge is 0.227 e. The monoisotopic (exact) mass is 464 g/mol. The number of carbonyl (C=O) groups excluding carboxylic acids is 1. The highest BCUT2D eigenvalue weighted by atomic mass is 35.5. The molecule has 1 aliphatic carbocycles. The van der Waals surface area contributed by atoms with E-state index >= 15 is 0 Å². The number of rotatable bonds is 8. The average molecular weight is 465 g/mol. The number of benzene rings is 1. The van der Waals surface area contributed by atoms with Crippen molar-refractivity contribution in [1.82, 2.24) is 15.3 Å². The fourth-order valence-corrected chi connectivity index (χ4v) is 4.21. The second kappa shape index (κ2) is 11.8. The summed E-state index contributed by atoms with van der Waals surface area (Å²) in [5.74, 6) is 2.27. The first-order valence-corrected chi connectivity index (χ1v) is 10.7. The maximum absolute atomic E-state index is 11.6. The summed E-state index contributed by atoms with van der Waals surface area (Å²) in [4.78, 5) is 20.5. The molecule has 1 aliphatic rings. The predicted molar refractivity (Wildman–Crippen MR) is 126 cm³/mol. The molecule has 176 valence electrons. The third-order valence-electron chi connectivity index (χ3n) is 5.49. The van der Waals surface area contributed by atoms with Crippen LogP contribution < -0.4 is 24.8 Å². The number of hydrogen-bond donors (Lipinski definition) is 2. The van der Waals surface area contributed by atoms with Gasteiger partial charge in [0.25, 0.3) is 0 Å². The van der Waals surface area contributed by atoms with Crippen LogP contribution in [-0.4, -0.2) is 43.2 Å². The second-order valence-electron chi connectivity index (χ2n) is 7.58. The molecule has 0 unspecified atom stereocenters. The SMILES string of the molecule is C.COc1cc(Nc2ncc(Cl)c(C[C@@H]3CCCC[C@H]3NC(C)=O)n2)cc(OC)c1OC. The van der Waals surface area contributed by atoms with Crippen LogP contribution in [0.25, 0.3) is 0 Å². The van der Waals surface area contributed by atoms with Crippen LogP contribution in [0.15, 0.2) is 18.3 Å². The highest BCUT2D eigenvalue weighted by molar-refractivity contribution is 6.31. The zero-order chi connectivity index (χ0) is 22.4. The van der Waals surface area contributed by atoms with Crippen molar-refractivity contribution in [2.75, 3.05) is 26.6 Å². The van der Waals surface area contributed by atoms with Gasteiger partial charge in [-0.3, -0.25) is 4.79 Å². The Balaban J connectivity index is 0.00000363. The lowest BCUT2D eigenvalue weighted by Gasteiger charge is -2.32. The molecule has 9 heteroatoms. The van der Waals surface area contributed by atoms with Crippen LogP contribution in [0.2, 0.25) is 5.02 Å². The number of anilines is 2. The van der Waals surface area contributed by atoms with Crippen molar-refractivity contribution in [3.8, 4) is 17.2 Å². The van der Waals surface area contributed by atoms with Gasteiger partial charge >= 0.3 is 0 Å². The molecule has 3 rings (SSSR count). The normalized spacial score (nSPS) is 17.7. The summed E-state index contributed by atoms with van der Waals surface area (Å²) >= 11 is 6.41. The molecular weight excluding hydrogens is 432 g/mol. The number of ether oxygens (including phenoxy) is 3. The quantitative estimate of drug-likeness (QED) is 0.580. The van der Waals surface area contributed by atoms with Crippen molar-refractivity contribution in [3.05, 3.63) is 29.0 Å². The molecule has 0 aliphatic heterocycles. The molecule has 0 radical (unpaired) electrons. The van der Waals surface area contributed by atoms with E-state index in [9.17, 15) is 4.79 Å². The number of halogens is 1. The van der Waals surface area contributed by atoms with E-state index in [-0.39, 0.29) is 19.4 Å². The average Bonchev–Trinajstić information content (AvgIpc) is 2.76. The summed E-state index contributed by atoms with van der Waals surface area (Å²) in [6.07, 6.45) is 6.54. The van der Waals surface area contributed by atoms with Gasteiger partial charge in [0.05, 0.1) is 38.2 Å². The number of amides is 1. The van der Waals surface area contributed by atoms with Crippen LogP contribution in [0.3, 0.4) is 0 Å². The Bertz CT molecular complexity index is 900. The third-order valence-corrected chi connectivity index (χ3v) is 5.81. The van der Waals surface area contributed by atoms with Crippen molar-refractivity contribution < 1.29 is 19.0 Å². The molecule has 1 heterocycles. The van der Waals surface area contributed by atoms with Crippen molar-refractivity contribution in [2.45, 2.75) is 52.5 Å². The second-order valence-corrected chi connectivity index (χ2v) is 7.99. The van der Waals surface area contributed by atoms with Crippen molar-refractivity contribution in [1.29, 1.82) is 0 Å². The van der Waals surface area contributed by atoms with E-state index in [4.69, 9.17) is 25.8 Å². The van der Waals surface area contributed by atoms with Crippen LogP contribution in [0.1, 0.15) is 45.7 Å². The lowest BCUT2D eigenvalue weighted by Crippen LogP contribution is -2.42. The van der Waals surface area contributed by atoms with E-state index in [0.29, 0.717) is 46.2 Å². The van der Waals surface area contributed by atoms with Crippen LogP contribution in [-0.2, 0) is 11.2 Å². The summed E-state index contributed by atoms with van der Waals surface area (Å²) < 4.78 is 16.2. The number of methoxy groups -OCH3 is 3. The van der Waals surface area contributed by atoms with Gasteiger partial charge in [0.1, 0.15) is 0 Å². The molecule has 0 bridgehead atoms. The Morgan fingerprint density at radius 1 is 1.12 bits per heavy atom. The minimum Gasteiger partial charge on any atom is -0.493 e. The largest absolute Gasteiger partial charge is 0.493 e. The van der Waals surface area contributed by atoms with Crippen LogP contribution >= 0.6 is 11.6 Å². The van der Waals surface area contributed by atoms with Crippen molar-refractivity contribution in [2.24, 2.45) is 5.92 Å². The summed E-state index contributed by atoms with van der Waals surface area (Å²) in [6, 6.07) is 3.71. The fraction of sp³-hybridized carbons (Fsp3) is 0.522. The van der Waals surface area contributed by atoms with E-state index in [0.717, 1.165) is 31.4 Å². The highest BCUT2D eigenvalue weighted by Crippen LogP contribution is 2.40. The van der Waals surface area contributed by atoms with Crippen LogP contribution in [0, 0.1) is 5.92 Å².